The van der Waals surface area contributed by atoms with E-state index in [1.807, 2.05) is 73.8 Å². The standard InChI is InChI=1S/C45H50Cl2N6O3/c1-25(2)17-18-50-19-20-51-37(44(50)54)24-31-12-9-16-36(40(31)51)53-43(47)30(7)52-41-33(13-10-14-35(41)38-28(5)48-49(8)29(38)6)34(42(52)45(53)55)15-11-21-56-32-22-26(3)39(46)27(4)23-32/h9-10,12-14,16,22-25,30,43H,11,15,17-21H2,1-8H3/t30-,43?/m1/s1. The van der Waals surface area contributed by atoms with E-state index >= 15 is 4.79 Å². The molecule has 5 heterocycles. The van der Waals surface area contributed by atoms with Gasteiger partial charge in [0.25, 0.3) is 11.8 Å². The van der Waals surface area contributed by atoms with Crippen LogP contribution in [0.3, 0.4) is 0 Å². The highest BCUT2D eigenvalue weighted by Gasteiger charge is 2.43. The maximum Gasteiger partial charge on any atom is 0.276 e. The van der Waals surface area contributed by atoms with Gasteiger partial charge in [0, 0.05) is 59.3 Å². The molecule has 2 aliphatic rings. The van der Waals surface area contributed by atoms with Crippen molar-refractivity contribution in [3.8, 4) is 16.9 Å². The number of fused-ring (bicyclic) bond motifs is 6. The van der Waals surface area contributed by atoms with Crippen LogP contribution in [0.1, 0.15) is 88.7 Å². The summed E-state index contributed by atoms with van der Waals surface area (Å²) in [5.74, 6) is 1.16. The summed E-state index contributed by atoms with van der Waals surface area (Å²) in [7, 11) is 1.96. The molecule has 0 aliphatic carbocycles. The van der Waals surface area contributed by atoms with Gasteiger partial charge in [0.1, 0.15) is 22.6 Å². The molecule has 0 fully saturated rings. The molecule has 1 unspecified atom stereocenters. The van der Waals surface area contributed by atoms with Crippen molar-refractivity contribution in [2.75, 3.05) is 24.6 Å². The fraction of sp³-hybridized carbons (Fsp3) is 0.400. The molecular formula is C45H50Cl2N6O3. The lowest BCUT2D eigenvalue weighted by atomic mass is 9.98. The Labute approximate surface area is 338 Å². The lowest BCUT2D eigenvalue weighted by Gasteiger charge is -2.39. The quantitative estimate of drug-likeness (QED) is 0.0786. The number of benzene rings is 3. The van der Waals surface area contributed by atoms with Crippen molar-refractivity contribution < 1.29 is 14.3 Å². The number of hydrogen-bond donors (Lipinski definition) is 0. The summed E-state index contributed by atoms with van der Waals surface area (Å²) in [5.41, 5.74) is 10.1. The number of para-hydroxylation sites is 2. The van der Waals surface area contributed by atoms with E-state index in [0.29, 0.717) is 55.5 Å². The summed E-state index contributed by atoms with van der Waals surface area (Å²) in [6, 6.07) is 17.9. The first kappa shape index (κ1) is 38.2. The molecule has 3 aromatic carbocycles. The van der Waals surface area contributed by atoms with Crippen LogP contribution in [-0.4, -0.2) is 60.8 Å². The Bertz CT molecular complexity index is 2520. The molecule has 0 N–H and O–H groups in total. The number of halogens is 2. The van der Waals surface area contributed by atoms with Crippen LogP contribution in [0, 0.1) is 33.6 Å². The van der Waals surface area contributed by atoms with Crippen LogP contribution in [0.2, 0.25) is 5.02 Å². The molecule has 9 nitrogen and oxygen atoms in total. The number of ether oxygens (including phenoxy) is 1. The third kappa shape index (κ3) is 6.18. The summed E-state index contributed by atoms with van der Waals surface area (Å²) < 4.78 is 12.5. The van der Waals surface area contributed by atoms with E-state index in [4.69, 9.17) is 33.0 Å². The SMILES string of the molecule is Cc1cc(OCCCc2c3n(c4c(-c5c(C)nn(C)c5C)cccc24)[C@H](C)C(Cl)N(c2cccc4cc5n(c24)CCN(CCC(C)C)C5=O)C3=O)cc(C)c1Cl. The Morgan fingerprint density at radius 2 is 1.68 bits per heavy atom. The molecule has 6 aromatic rings. The van der Waals surface area contributed by atoms with Gasteiger partial charge in [-0.05, 0) is 101 Å². The van der Waals surface area contributed by atoms with Crippen LogP contribution < -0.4 is 9.64 Å². The van der Waals surface area contributed by atoms with Crippen LogP contribution in [0.15, 0.2) is 54.6 Å². The first-order valence-electron chi connectivity index (χ1n) is 19.7. The number of amides is 2. The molecule has 0 saturated heterocycles. The third-order valence-electron chi connectivity index (χ3n) is 11.9. The maximum absolute atomic E-state index is 15.4. The normalized spacial score (nSPS) is 17.1. The Kier molecular flexibility index (Phi) is 9.98. The molecule has 0 saturated carbocycles. The topological polar surface area (TPSA) is 77.5 Å². The predicted molar refractivity (Wildman–Crippen MR) is 227 cm³/mol. The van der Waals surface area contributed by atoms with Crippen molar-refractivity contribution in [2.24, 2.45) is 13.0 Å². The minimum Gasteiger partial charge on any atom is -0.494 e. The van der Waals surface area contributed by atoms with Crippen LogP contribution >= 0.6 is 23.2 Å². The van der Waals surface area contributed by atoms with E-state index in [1.54, 1.807) is 4.90 Å². The summed E-state index contributed by atoms with van der Waals surface area (Å²) in [6.07, 6.45) is 2.25. The van der Waals surface area contributed by atoms with Crippen molar-refractivity contribution in [1.82, 2.24) is 23.8 Å². The third-order valence-corrected chi connectivity index (χ3v) is 13.0. The highest BCUT2D eigenvalue weighted by Crippen LogP contribution is 2.46. The molecular weight excluding hydrogens is 743 g/mol. The first-order valence-corrected chi connectivity index (χ1v) is 20.5. The monoisotopic (exact) mass is 792 g/mol. The van der Waals surface area contributed by atoms with Gasteiger partial charge in [-0.2, -0.15) is 5.10 Å². The highest BCUT2D eigenvalue weighted by atomic mass is 35.5. The average Bonchev–Trinajstić information content (AvgIpc) is 3.80. The molecule has 56 heavy (non-hydrogen) atoms. The number of anilines is 1. The lowest BCUT2D eigenvalue weighted by Crippen LogP contribution is -2.48. The number of hydrogen-bond acceptors (Lipinski definition) is 4. The van der Waals surface area contributed by atoms with Crippen molar-refractivity contribution in [3.05, 3.63) is 99.1 Å². The second-order valence-corrected chi connectivity index (χ2v) is 16.9. The Hall–Kier alpha value is -4.73. The van der Waals surface area contributed by atoms with E-state index in [1.165, 1.54) is 0 Å². The smallest absolute Gasteiger partial charge is 0.276 e. The zero-order valence-corrected chi connectivity index (χ0v) is 35.1. The van der Waals surface area contributed by atoms with Crippen LogP contribution in [-0.2, 0) is 20.0 Å². The molecule has 2 amide bonds. The lowest BCUT2D eigenvalue weighted by molar-refractivity contribution is 0.0699. The van der Waals surface area contributed by atoms with E-state index in [2.05, 4.69) is 55.0 Å². The molecule has 292 valence electrons. The molecule has 2 aliphatic heterocycles. The Morgan fingerprint density at radius 3 is 2.38 bits per heavy atom. The summed E-state index contributed by atoms with van der Waals surface area (Å²) in [5, 5.41) is 7.45. The largest absolute Gasteiger partial charge is 0.494 e. The van der Waals surface area contributed by atoms with Gasteiger partial charge in [-0.3, -0.25) is 19.2 Å². The van der Waals surface area contributed by atoms with Gasteiger partial charge in [0.05, 0.1) is 35.1 Å². The minimum absolute atomic E-state index is 0.0295. The number of carbonyl (C=O) groups is 2. The fourth-order valence-corrected chi connectivity index (χ4v) is 9.36. The van der Waals surface area contributed by atoms with Crippen molar-refractivity contribution in [2.45, 2.75) is 85.8 Å². The molecule has 0 bridgehead atoms. The molecule has 8 rings (SSSR count). The Morgan fingerprint density at radius 1 is 0.946 bits per heavy atom. The van der Waals surface area contributed by atoms with Gasteiger partial charge < -0.3 is 18.8 Å². The highest BCUT2D eigenvalue weighted by molar-refractivity contribution is 6.32. The second kappa shape index (κ2) is 14.6. The van der Waals surface area contributed by atoms with Gasteiger partial charge in [-0.1, -0.05) is 67.4 Å². The van der Waals surface area contributed by atoms with E-state index in [0.717, 1.165) is 84.7 Å². The molecule has 3 aromatic heterocycles. The fourth-order valence-electron chi connectivity index (χ4n) is 8.94. The van der Waals surface area contributed by atoms with Gasteiger partial charge >= 0.3 is 0 Å². The molecule has 2 atom stereocenters. The maximum atomic E-state index is 15.4. The average molecular weight is 794 g/mol. The second-order valence-electron chi connectivity index (χ2n) is 16.1. The summed E-state index contributed by atoms with van der Waals surface area (Å²) >= 11 is 14.0. The van der Waals surface area contributed by atoms with Crippen LogP contribution in [0.25, 0.3) is 32.9 Å². The zero-order chi connectivity index (χ0) is 39.7. The van der Waals surface area contributed by atoms with E-state index < -0.39 is 5.50 Å². The number of aromatic nitrogens is 4. The number of rotatable bonds is 10. The zero-order valence-electron chi connectivity index (χ0n) is 33.5. The van der Waals surface area contributed by atoms with Crippen LogP contribution in [0.4, 0.5) is 5.69 Å². The molecule has 0 radical (unpaired) electrons. The van der Waals surface area contributed by atoms with Gasteiger partial charge in [0.15, 0.2) is 0 Å². The molecule has 11 heteroatoms. The number of carbonyl (C=O) groups excluding carboxylic acids is 2. The summed E-state index contributed by atoms with van der Waals surface area (Å²) in [6.45, 7) is 17.0. The number of aryl methyl sites for hydroxylation is 5. The van der Waals surface area contributed by atoms with E-state index in [9.17, 15) is 4.79 Å². The van der Waals surface area contributed by atoms with E-state index in [-0.39, 0.29) is 17.9 Å². The van der Waals surface area contributed by atoms with Crippen molar-refractivity contribution >= 4 is 62.5 Å². The van der Waals surface area contributed by atoms with Gasteiger partial charge in [0.2, 0.25) is 0 Å². The van der Waals surface area contributed by atoms with Gasteiger partial charge in [-0.15, -0.1) is 0 Å². The Balaban J connectivity index is 1.24. The minimum atomic E-state index is -0.708. The number of nitrogens with zero attached hydrogens (tertiary/aromatic N) is 6. The van der Waals surface area contributed by atoms with Gasteiger partial charge in [-0.25, -0.2) is 0 Å². The predicted octanol–water partition coefficient (Wildman–Crippen LogP) is 10.2. The van der Waals surface area contributed by atoms with Crippen molar-refractivity contribution in [1.29, 1.82) is 0 Å². The van der Waals surface area contributed by atoms with Crippen LogP contribution in [0.5, 0.6) is 5.75 Å². The van der Waals surface area contributed by atoms with Crippen molar-refractivity contribution in [3.63, 3.8) is 0 Å². The first-order chi connectivity index (χ1) is 26.8. The summed E-state index contributed by atoms with van der Waals surface area (Å²) in [4.78, 5) is 32.9. The molecule has 0 spiro atoms. The number of alkyl halides is 1.